The number of esters is 1. The second kappa shape index (κ2) is 4.54. The lowest BCUT2D eigenvalue weighted by Gasteiger charge is -2.22. The van der Waals surface area contributed by atoms with E-state index in [9.17, 15) is 4.79 Å². The van der Waals surface area contributed by atoms with Gasteiger partial charge in [0.1, 0.15) is 6.07 Å². The molecule has 0 N–H and O–H groups in total. The quantitative estimate of drug-likeness (QED) is 0.743. The van der Waals surface area contributed by atoms with Crippen molar-refractivity contribution >= 4 is 17.6 Å². The van der Waals surface area contributed by atoms with Gasteiger partial charge in [-0.1, -0.05) is 17.7 Å². The molecule has 0 saturated heterocycles. The van der Waals surface area contributed by atoms with Crippen molar-refractivity contribution in [3.8, 4) is 6.07 Å². The Kier molecular flexibility index (Phi) is 3.56. The van der Waals surface area contributed by atoms with Crippen LogP contribution in [0.5, 0.6) is 0 Å². The summed E-state index contributed by atoms with van der Waals surface area (Å²) in [6.45, 7) is 3.49. The van der Waals surface area contributed by atoms with Gasteiger partial charge in [-0.05, 0) is 31.5 Å². The summed E-state index contributed by atoms with van der Waals surface area (Å²) in [6.07, 6.45) is 0. The first-order valence-electron chi connectivity index (χ1n) is 4.72. The number of carbonyl (C=O) groups excluding carboxylic acids is 1. The molecule has 16 heavy (non-hydrogen) atoms. The Hall–Kier alpha value is -1.53. The van der Waals surface area contributed by atoms with Crippen LogP contribution in [0.2, 0.25) is 5.02 Å². The first-order chi connectivity index (χ1) is 7.43. The average molecular weight is 238 g/mol. The molecule has 0 aromatic heterocycles. The van der Waals surface area contributed by atoms with Gasteiger partial charge in [0.25, 0.3) is 0 Å². The summed E-state index contributed by atoms with van der Waals surface area (Å²) in [7, 11) is 1.34. The van der Waals surface area contributed by atoms with Crippen LogP contribution >= 0.6 is 11.6 Å². The van der Waals surface area contributed by atoms with Crippen molar-refractivity contribution in [1.82, 2.24) is 0 Å². The van der Waals surface area contributed by atoms with Gasteiger partial charge in [0.05, 0.1) is 23.1 Å². The van der Waals surface area contributed by atoms with E-state index in [0.717, 1.165) is 5.56 Å². The number of ether oxygens (including phenoxy) is 1. The molecule has 0 fully saturated rings. The SMILES string of the molecule is COC(=O)C(C)(C)c1ccc(C#N)c(Cl)c1. The minimum atomic E-state index is -0.771. The summed E-state index contributed by atoms with van der Waals surface area (Å²) in [6, 6.07) is 6.90. The maximum Gasteiger partial charge on any atom is 0.315 e. The molecule has 1 aromatic rings. The van der Waals surface area contributed by atoms with Gasteiger partial charge < -0.3 is 4.74 Å². The number of methoxy groups -OCH3 is 1. The topological polar surface area (TPSA) is 50.1 Å². The van der Waals surface area contributed by atoms with E-state index in [0.29, 0.717) is 10.6 Å². The lowest BCUT2D eigenvalue weighted by molar-refractivity contribution is -0.146. The van der Waals surface area contributed by atoms with Gasteiger partial charge in [0.2, 0.25) is 0 Å². The molecule has 0 aliphatic rings. The Morgan fingerprint density at radius 1 is 1.50 bits per heavy atom. The number of carbonyl (C=O) groups is 1. The van der Waals surface area contributed by atoms with Crippen molar-refractivity contribution in [3.63, 3.8) is 0 Å². The van der Waals surface area contributed by atoms with Gasteiger partial charge in [0, 0.05) is 0 Å². The lowest BCUT2D eigenvalue weighted by atomic mass is 9.84. The van der Waals surface area contributed by atoms with E-state index in [1.807, 2.05) is 6.07 Å². The molecule has 1 rings (SSSR count). The fraction of sp³-hybridized carbons (Fsp3) is 0.333. The van der Waals surface area contributed by atoms with Gasteiger partial charge in [-0.2, -0.15) is 5.26 Å². The molecule has 0 saturated carbocycles. The molecule has 4 heteroatoms. The van der Waals surface area contributed by atoms with Gasteiger partial charge in [-0.15, -0.1) is 0 Å². The van der Waals surface area contributed by atoms with Crippen LogP contribution in [0.1, 0.15) is 25.0 Å². The normalized spacial score (nSPS) is 10.7. The van der Waals surface area contributed by atoms with Crippen LogP contribution in [-0.2, 0) is 14.9 Å². The van der Waals surface area contributed by atoms with Crippen molar-refractivity contribution in [2.45, 2.75) is 19.3 Å². The van der Waals surface area contributed by atoms with Crippen LogP contribution in [0.3, 0.4) is 0 Å². The standard InChI is InChI=1S/C12H12ClNO2/c1-12(2,11(15)16-3)9-5-4-8(7-14)10(13)6-9/h4-6H,1-3H3. The highest BCUT2D eigenvalue weighted by Gasteiger charge is 2.31. The molecule has 0 unspecified atom stereocenters. The Labute approximate surface area is 99.6 Å². The molecular weight excluding hydrogens is 226 g/mol. The van der Waals surface area contributed by atoms with Gasteiger partial charge in [0.15, 0.2) is 0 Å². The summed E-state index contributed by atoms with van der Waals surface area (Å²) in [5.41, 5.74) is 0.348. The fourth-order valence-corrected chi connectivity index (χ4v) is 1.59. The second-order valence-electron chi connectivity index (χ2n) is 3.92. The molecule has 3 nitrogen and oxygen atoms in total. The number of nitriles is 1. The number of hydrogen-bond acceptors (Lipinski definition) is 3. The van der Waals surface area contributed by atoms with Crippen LogP contribution < -0.4 is 0 Å². The van der Waals surface area contributed by atoms with E-state index in [-0.39, 0.29) is 5.97 Å². The maximum absolute atomic E-state index is 11.6. The zero-order chi connectivity index (χ0) is 12.3. The Morgan fingerprint density at radius 3 is 2.56 bits per heavy atom. The van der Waals surface area contributed by atoms with Crippen LogP contribution in [0.25, 0.3) is 0 Å². The van der Waals surface area contributed by atoms with E-state index in [2.05, 4.69) is 0 Å². The number of nitrogens with zero attached hydrogens (tertiary/aromatic N) is 1. The molecule has 0 aliphatic heterocycles. The Balaban J connectivity index is 3.21. The van der Waals surface area contributed by atoms with E-state index in [1.54, 1.807) is 32.0 Å². The Morgan fingerprint density at radius 2 is 2.12 bits per heavy atom. The zero-order valence-electron chi connectivity index (χ0n) is 9.37. The van der Waals surface area contributed by atoms with Crippen molar-refractivity contribution in [2.75, 3.05) is 7.11 Å². The summed E-state index contributed by atoms with van der Waals surface area (Å²) >= 11 is 5.91. The van der Waals surface area contributed by atoms with E-state index >= 15 is 0 Å². The number of halogens is 1. The highest BCUT2D eigenvalue weighted by Crippen LogP contribution is 2.28. The lowest BCUT2D eigenvalue weighted by Crippen LogP contribution is -2.30. The largest absolute Gasteiger partial charge is 0.468 e. The molecule has 0 radical (unpaired) electrons. The highest BCUT2D eigenvalue weighted by molar-refractivity contribution is 6.31. The van der Waals surface area contributed by atoms with Crippen LogP contribution in [-0.4, -0.2) is 13.1 Å². The van der Waals surface area contributed by atoms with Gasteiger partial charge in [-0.3, -0.25) is 4.79 Å². The molecule has 0 spiro atoms. The summed E-state index contributed by atoms with van der Waals surface area (Å²) < 4.78 is 4.72. The van der Waals surface area contributed by atoms with Crippen LogP contribution in [0.4, 0.5) is 0 Å². The minimum absolute atomic E-state index is 0.340. The van der Waals surface area contributed by atoms with Gasteiger partial charge in [-0.25, -0.2) is 0 Å². The number of benzene rings is 1. The third-order valence-corrected chi connectivity index (χ3v) is 2.82. The van der Waals surface area contributed by atoms with E-state index < -0.39 is 5.41 Å². The van der Waals surface area contributed by atoms with Crippen molar-refractivity contribution in [3.05, 3.63) is 34.3 Å². The summed E-state index contributed by atoms with van der Waals surface area (Å²) in [5.74, 6) is -0.340. The molecule has 0 heterocycles. The molecule has 0 atom stereocenters. The third-order valence-electron chi connectivity index (χ3n) is 2.51. The van der Waals surface area contributed by atoms with Crippen LogP contribution in [0, 0.1) is 11.3 Å². The van der Waals surface area contributed by atoms with Crippen molar-refractivity contribution < 1.29 is 9.53 Å². The van der Waals surface area contributed by atoms with Crippen LogP contribution in [0.15, 0.2) is 18.2 Å². The smallest absolute Gasteiger partial charge is 0.315 e. The fourth-order valence-electron chi connectivity index (χ4n) is 1.37. The van der Waals surface area contributed by atoms with Gasteiger partial charge >= 0.3 is 5.97 Å². The first kappa shape index (κ1) is 12.5. The first-order valence-corrected chi connectivity index (χ1v) is 5.10. The van der Waals surface area contributed by atoms with Crippen molar-refractivity contribution in [1.29, 1.82) is 5.26 Å². The molecule has 1 aromatic carbocycles. The van der Waals surface area contributed by atoms with Crippen molar-refractivity contribution in [2.24, 2.45) is 0 Å². The average Bonchev–Trinajstić information content (AvgIpc) is 2.27. The molecule has 0 bridgehead atoms. The minimum Gasteiger partial charge on any atom is -0.468 e. The second-order valence-corrected chi connectivity index (χ2v) is 4.33. The van der Waals surface area contributed by atoms with E-state index in [4.69, 9.17) is 21.6 Å². The Bertz CT molecular complexity index is 461. The predicted octanol–water partition coefficient (Wildman–Crippen LogP) is 2.66. The predicted molar refractivity (Wildman–Crippen MR) is 61.2 cm³/mol. The molecule has 84 valence electrons. The summed E-state index contributed by atoms with van der Waals surface area (Å²) in [4.78, 5) is 11.6. The maximum atomic E-state index is 11.6. The molecule has 0 aliphatic carbocycles. The highest BCUT2D eigenvalue weighted by atomic mass is 35.5. The summed E-state index contributed by atoms with van der Waals surface area (Å²) in [5, 5.41) is 9.09. The molecule has 0 amide bonds. The zero-order valence-corrected chi connectivity index (χ0v) is 10.1. The number of hydrogen-bond donors (Lipinski definition) is 0. The van der Waals surface area contributed by atoms with E-state index in [1.165, 1.54) is 7.11 Å². The monoisotopic (exact) mass is 237 g/mol. The third kappa shape index (κ3) is 2.17. The number of rotatable bonds is 2. The molecular formula is C12H12ClNO2.